The first kappa shape index (κ1) is 12.8. The number of carbonyl (C=O) groups excluding carboxylic acids is 1. The van der Waals surface area contributed by atoms with Gasteiger partial charge in [-0.25, -0.2) is 0 Å². The van der Waals surface area contributed by atoms with Gasteiger partial charge in [0, 0.05) is 32.1 Å². The zero-order valence-electron chi connectivity index (χ0n) is 10.8. The van der Waals surface area contributed by atoms with Gasteiger partial charge in [-0.3, -0.25) is 4.79 Å². The first-order chi connectivity index (χ1) is 8.25. The van der Waals surface area contributed by atoms with Gasteiger partial charge in [-0.2, -0.15) is 0 Å². The number of rotatable bonds is 4. The minimum absolute atomic E-state index is 0.270. The number of morpholine rings is 1. The first-order valence-corrected chi connectivity index (χ1v) is 6.84. The molecule has 0 aromatic heterocycles. The summed E-state index contributed by atoms with van der Waals surface area (Å²) in [5, 5.41) is 3.50. The lowest BCUT2D eigenvalue weighted by Crippen LogP contribution is -2.42. The number of hydrogen-bond donors (Lipinski definition) is 1. The fourth-order valence-corrected chi connectivity index (χ4v) is 2.75. The van der Waals surface area contributed by atoms with Gasteiger partial charge in [0.25, 0.3) is 0 Å². The van der Waals surface area contributed by atoms with Crippen molar-refractivity contribution in [1.82, 2.24) is 10.2 Å². The lowest BCUT2D eigenvalue weighted by Gasteiger charge is -2.27. The summed E-state index contributed by atoms with van der Waals surface area (Å²) in [5.74, 6) is 1.12. The molecule has 2 atom stereocenters. The molecule has 1 saturated heterocycles. The Morgan fingerprint density at radius 1 is 1.35 bits per heavy atom. The third-order valence-electron chi connectivity index (χ3n) is 3.83. The average Bonchev–Trinajstić information content (AvgIpc) is 2.76. The van der Waals surface area contributed by atoms with Gasteiger partial charge in [-0.15, -0.1) is 0 Å². The van der Waals surface area contributed by atoms with E-state index in [-0.39, 0.29) is 5.91 Å². The Balaban J connectivity index is 1.59. The summed E-state index contributed by atoms with van der Waals surface area (Å²) in [6.07, 6.45) is 4.50. The van der Waals surface area contributed by atoms with Crippen molar-refractivity contribution in [2.75, 3.05) is 32.8 Å². The summed E-state index contributed by atoms with van der Waals surface area (Å²) in [7, 11) is 0. The highest BCUT2D eigenvalue weighted by Crippen LogP contribution is 2.24. The highest BCUT2D eigenvalue weighted by Gasteiger charge is 2.21. The van der Waals surface area contributed by atoms with Crippen molar-refractivity contribution in [1.29, 1.82) is 0 Å². The Hall–Kier alpha value is -0.610. The van der Waals surface area contributed by atoms with Crippen LogP contribution in [0.3, 0.4) is 0 Å². The van der Waals surface area contributed by atoms with Crippen molar-refractivity contribution in [2.45, 2.75) is 38.6 Å². The van der Waals surface area contributed by atoms with E-state index in [1.807, 2.05) is 4.90 Å². The molecule has 4 nitrogen and oxygen atoms in total. The SMILES string of the molecule is CC1CCC(NCCC(=O)N2CCOCC2)C1. The van der Waals surface area contributed by atoms with Crippen molar-refractivity contribution < 1.29 is 9.53 Å². The van der Waals surface area contributed by atoms with E-state index >= 15 is 0 Å². The predicted octanol–water partition coefficient (Wildman–Crippen LogP) is 1.01. The molecule has 2 unspecified atom stereocenters. The quantitative estimate of drug-likeness (QED) is 0.797. The number of nitrogens with zero attached hydrogens (tertiary/aromatic N) is 1. The van der Waals surface area contributed by atoms with Crippen LogP contribution in [0, 0.1) is 5.92 Å². The van der Waals surface area contributed by atoms with Gasteiger partial charge in [0.05, 0.1) is 13.2 Å². The van der Waals surface area contributed by atoms with E-state index in [1.54, 1.807) is 0 Å². The second-order valence-electron chi connectivity index (χ2n) is 5.31. The van der Waals surface area contributed by atoms with Crippen LogP contribution >= 0.6 is 0 Å². The molecule has 0 aromatic rings. The van der Waals surface area contributed by atoms with Gasteiger partial charge in [0.2, 0.25) is 5.91 Å². The van der Waals surface area contributed by atoms with Crippen LogP contribution in [0.1, 0.15) is 32.6 Å². The van der Waals surface area contributed by atoms with Crippen molar-refractivity contribution >= 4 is 5.91 Å². The molecule has 2 fully saturated rings. The largest absolute Gasteiger partial charge is 0.378 e. The molecule has 0 bridgehead atoms. The maximum atomic E-state index is 11.9. The van der Waals surface area contributed by atoms with Gasteiger partial charge in [0.15, 0.2) is 0 Å². The molecule has 1 heterocycles. The third-order valence-corrected chi connectivity index (χ3v) is 3.83. The fraction of sp³-hybridized carbons (Fsp3) is 0.923. The van der Waals surface area contributed by atoms with Crippen molar-refractivity contribution in [3.63, 3.8) is 0 Å². The third kappa shape index (κ3) is 3.96. The van der Waals surface area contributed by atoms with Crippen molar-refractivity contribution in [2.24, 2.45) is 5.92 Å². The number of amides is 1. The van der Waals surface area contributed by atoms with Crippen LogP contribution < -0.4 is 5.32 Å². The Kier molecular flexibility index (Phi) is 4.80. The van der Waals surface area contributed by atoms with E-state index in [9.17, 15) is 4.79 Å². The van der Waals surface area contributed by atoms with Gasteiger partial charge in [-0.1, -0.05) is 6.92 Å². The number of carbonyl (C=O) groups is 1. The molecule has 1 aliphatic heterocycles. The molecule has 1 saturated carbocycles. The van der Waals surface area contributed by atoms with Crippen LogP contribution in [-0.2, 0) is 9.53 Å². The van der Waals surface area contributed by atoms with Gasteiger partial charge in [-0.05, 0) is 25.2 Å². The first-order valence-electron chi connectivity index (χ1n) is 6.84. The Bertz CT molecular complexity index is 252. The zero-order chi connectivity index (χ0) is 12.1. The molecule has 0 spiro atoms. The summed E-state index contributed by atoms with van der Waals surface area (Å²) in [6, 6.07) is 0.641. The standard InChI is InChI=1S/C13H24N2O2/c1-11-2-3-12(10-11)14-5-4-13(16)15-6-8-17-9-7-15/h11-12,14H,2-10H2,1H3. The maximum absolute atomic E-state index is 11.9. The van der Waals surface area contributed by atoms with Gasteiger partial charge in [0.1, 0.15) is 0 Å². The van der Waals surface area contributed by atoms with Crippen LogP contribution in [0.25, 0.3) is 0 Å². The Morgan fingerprint density at radius 2 is 2.12 bits per heavy atom. The van der Waals surface area contributed by atoms with Crippen LogP contribution in [-0.4, -0.2) is 49.7 Å². The van der Waals surface area contributed by atoms with Gasteiger partial charge >= 0.3 is 0 Å². The number of ether oxygens (including phenoxy) is 1. The molecule has 2 aliphatic rings. The van der Waals surface area contributed by atoms with E-state index < -0.39 is 0 Å². The van der Waals surface area contributed by atoms with E-state index in [1.165, 1.54) is 19.3 Å². The zero-order valence-corrected chi connectivity index (χ0v) is 10.8. The van der Waals surface area contributed by atoms with Gasteiger partial charge < -0.3 is 15.0 Å². The predicted molar refractivity (Wildman–Crippen MR) is 66.8 cm³/mol. The second-order valence-corrected chi connectivity index (χ2v) is 5.31. The lowest BCUT2D eigenvalue weighted by atomic mass is 10.1. The minimum Gasteiger partial charge on any atom is -0.378 e. The van der Waals surface area contributed by atoms with Crippen molar-refractivity contribution in [3.05, 3.63) is 0 Å². The smallest absolute Gasteiger partial charge is 0.224 e. The molecule has 98 valence electrons. The summed E-state index contributed by atoms with van der Waals surface area (Å²) in [5.41, 5.74) is 0. The monoisotopic (exact) mass is 240 g/mol. The highest BCUT2D eigenvalue weighted by atomic mass is 16.5. The Morgan fingerprint density at radius 3 is 2.76 bits per heavy atom. The molecule has 17 heavy (non-hydrogen) atoms. The lowest BCUT2D eigenvalue weighted by molar-refractivity contribution is -0.135. The molecule has 1 N–H and O–H groups in total. The molecular formula is C13H24N2O2. The molecule has 4 heteroatoms. The fourth-order valence-electron chi connectivity index (χ4n) is 2.75. The molecule has 1 aliphatic carbocycles. The minimum atomic E-state index is 0.270. The number of hydrogen-bond acceptors (Lipinski definition) is 3. The molecular weight excluding hydrogens is 216 g/mol. The van der Waals surface area contributed by atoms with E-state index in [4.69, 9.17) is 4.74 Å². The van der Waals surface area contributed by atoms with Crippen LogP contribution in [0.4, 0.5) is 0 Å². The van der Waals surface area contributed by atoms with Crippen LogP contribution in [0.2, 0.25) is 0 Å². The summed E-state index contributed by atoms with van der Waals surface area (Å²) in [6.45, 7) is 6.05. The van der Waals surface area contributed by atoms with E-state index in [0.29, 0.717) is 25.7 Å². The topological polar surface area (TPSA) is 41.6 Å². The van der Waals surface area contributed by atoms with E-state index in [2.05, 4.69) is 12.2 Å². The summed E-state index contributed by atoms with van der Waals surface area (Å²) >= 11 is 0. The second kappa shape index (κ2) is 6.36. The summed E-state index contributed by atoms with van der Waals surface area (Å²) in [4.78, 5) is 13.8. The maximum Gasteiger partial charge on any atom is 0.224 e. The molecule has 0 aromatic carbocycles. The average molecular weight is 240 g/mol. The summed E-state index contributed by atoms with van der Waals surface area (Å²) < 4.78 is 5.24. The van der Waals surface area contributed by atoms with E-state index in [0.717, 1.165) is 25.6 Å². The number of nitrogens with one attached hydrogen (secondary N) is 1. The Labute approximate surface area is 104 Å². The molecule has 0 radical (unpaired) electrons. The normalized spacial score (nSPS) is 29.6. The molecule has 1 amide bonds. The molecule has 2 rings (SSSR count). The van der Waals surface area contributed by atoms with Crippen LogP contribution in [0.15, 0.2) is 0 Å². The van der Waals surface area contributed by atoms with Crippen LogP contribution in [0.5, 0.6) is 0 Å². The highest BCUT2D eigenvalue weighted by molar-refractivity contribution is 5.76. The van der Waals surface area contributed by atoms with Crippen molar-refractivity contribution in [3.8, 4) is 0 Å².